The van der Waals surface area contributed by atoms with E-state index in [1.54, 1.807) is 25.1 Å². The Morgan fingerprint density at radius 1 is 0.857 bits per heavy atom. The molecule has 0 atom stereocenters. The zero-order chi connectivity index (χ0) is 25.2. The van der Waals surface area contributed by atoms with E-state index >= 15 is 0 Å². The molecule has 0 saturated heterocycles. The number of benzene rings is 3. The molecule has 0 saturated carbocycles. The van der Waals surface area contributed by atoms with E-state index in [0.717, 1.165) is 12.1 Å². The second-order valence-electron chi connectivity index (χ2n) is 8.36. The van der Waals surface area contributed by atoms with Gasteiger partial charge in [0.05, 0.1) is 27.3 Å². The summed E-state index contributed by atoms with van der Waals surface area (Å²) in [5.74, 6) is -2.08. The monoisotopic (exact) mass is 470 g/mol. The molecular formula is C27H18O8. The summed E-state index contributed by atoms with van der Waals surface area (Å²) in [4.78, 5) is 52.5. The first-order valence-corrected chi connectivity index (χ1v) is 10.6. The maximum atomic E-state index is 13.6. The molecule has 0 unspecified atom stereocenters. The van der Waals surface area contributed by atoms with E-state index in [0.29, 0.717) is 16.5 Å². The van der Waals surface area contributed by atoms with Crippen LogP contribution in [0.3, 0.4) is 0 Å². The van der Waals surface area contributed by atoms with Crippen LogP contribution in [-0.2, 0) is 0 Å². The number of ketones is 2. The summed E-state index contributed by atoms with van der Waals surface area (Å²) in [6, 6.07) is 8.50. The minimum absolute atomic E-state index is 0.00176. The van der Waals surface area contributed by atoms with Crippen LogP contribution in [0.25, 0.3) is 44.0 Å². The number of aryl methyl sites for hydroxylation is 1. The van der Waals surface area contributed by atoms with Gasteiger partial charge in [-0.2, -0.15) is 0 Å². The molecule has 2 aromatic heterocycles. The molecule has 5 aromatic rings. The number of hydrogen-bond acceptors (Lipinski definition) is 8. The highest BCUT2D eigenvalue weighted by Gasteiger charge is 2.27. The van der Waals surface area contributed by atoms with Gasteiger partial charge in [0.1, 0.15) is 23.0 Å². The SMILES string of the molecule is CC(=O)c1cc2c(=O)c3cc(O)c(O)cc3oc2c(C(C)=O)c1-c1coc2cccc(C)c2c1=O. The van der Waals surface area contributed by atoms with Crippen molar-refractivity contribution in [3.05, 3.63) is 79.8 Å². The number of phenols is 2. The van der Waals surface area contributed by atoms with Crippen molar-refractivity contribution in [2.75, 3.05) is 0 Å². The summed E-state index contributed by atoms with van der Waals surface area (Å²) >= 11 is 0. The van der Waals surface area contributed by atoms with Gasteiger partial charge in [0.2, 0.25) is 10.9 Å². The number of aromatic hydroxyl groups is 2. The number of rotatable bonds is 3. The predicted octanol–water partition coefficient (Wildman–Crippen LogP) is 4.84. The Morgan fingerprint density at radius 3 is 2.26 bits per heavy atom. The molecule has 8 nitrogen and oxygen atoms in total. The summed E-state index contributed by atoms with van der Waals surface area (Å²) in [5.41, 5.74) is -0.484. The molecule has 174 valence electrons. The van der Waals surface area contributed by atoms with Crippen LogP contribution in [-0.4, -0.2) is 21.8 Å². The van der Waals surface area contributed by atoms with Gasteiger partial charge in [-0.15, -0.1) is 0 Å². The van der Waals surface area contributed by atoms with Crippen LogP contribution in [0.1, 0.15) is 40.1 Å². The van der Waals surface area contributed by atoms with Gasteiger partial charge in [-0.1, -0.05) is 12.1 Å². The molecule has 0 aliphatic heterocycles. The highest BCUT2D eigenvalue weighted by atomic mass is 16.3. The Hall–Kier alpha value is -4.72. The maximum Gasteiger partial charge on any atom is 0.200 e. The minimum atomic E-state index is -0.616. The number of carbonyl (C=O) groups is 2. The molecule has 0 fully saturated rings. The smallest absolute Gasteiger partial charge is 0.200 e. The molecule has 8 heteroatoms. The number of hydrogen-bond donors (Lipinski definition) is 2. The Bertz CT molecular complexity index is 1870. The second kappa shape index (κ2) is 7.66. The largest absolute Gasteiger partial charge is 0.504 e. The molecular weight excluding hydrogens is 452 g/mol. The molecule has 35 heavy (non-hydrogen) atoms. The summed E-state index contributed by atoms with van der Waals surface area (Å²) in [5, 5.41) is 19.9. The Kier molecular flexibility index (Phi) is 4.84. The first-order chi connectivity index (χ1) is 16.6. The van der Waals surface area contributed by atoms with Gasteiger partial charge in [-0.3, -0.25) is 19.2 Å². The summed E-state index contributed by atoms with van der Waals surface area (Å²) < 4.78 is 11.6. The molecule has 0 aliphatic rings. The van der Waals surface area contributed by atoms with Crippen molar-refractivity contribution in [2.45, 2.75) is 20.8 Å². The van der Waals surface area contributed by atoms with Gasteiger partial charge in [0.15, 0.2) is 23.1 Å². The first kappa shape index (κ1) is 22.1. The predicted molar refractivity (Wildman–Crippen MR) is 130 cm³/mol. The molecule has 0 radical (unpaired) electrons. The fraction of sp³-hybridized carbons (Fsp3) is 0.111. The van der Waals surface area contributed by atoms with Crippen molar-refractivity contribution < 1.29 is 28.6 Å². The lowest BCUT2D eigenvalue weighted by molar-refractivity contribution is 0.101. The van der Waals surface area contributed by atoms with Crippen LogP contribution in [0.4, 0.5) is 0 Å². The third-order valence-electron chi connectivity index (χ3n) is 6.07. The normalized spacial score (nSPS) is 11.4. The zero-order valence-corrected chi connectivity index (χ0v) is 18.9. The Balaban J connectivity index is 2.03. The summed E-state index contributed by atoms with van der Waals surface area (Å²) in [6.07, 6.45) is 1.19. The highest BCUT2D eigenvalue weighted by molar-refractivity contribution is 6.17. The molecule has 2 heterocycles. The average molecular weight is 470 g/mol. The number of Topliss-reactive ketones (excluding diaryl/α,β-unsaturated/α-hetero) is 2. The molecule has 0 spiro atoms. The van der Waals surface area contributed by atoms with Gasteiger partial charge >= 0.3 is 0 Å². The van der Waals surface area contributed by atoms with E-state index in [4.69, 9.17) is 8.83 Å². The van der Waals surface area contributed by atoms with E-state index < -0.39 is 33.9 Å². The van der Waals surface area contributed by atoms with Crippen LogP contribution in [0.2, 0.25) is 0 Å². The van der Waals surface area contributed by atoms with Crippen LogP contribution in [0, 0.1) is 6.92 Å². The standard InChI is InChI=1S/C27H18O8/c1-11-5-4-6-20-22(11)26(33)17(10-34-20)24-14(12(2)28)7-16-25(32)15-8-18(30)19(31)9-21(15)35-27(16)23(24)13(3)29/h4-10,30-31H,1-3H3. The number of fused-ring (bicyclic) bond motifs is 3. The number of carbonyl (C=O) groups excluding carboxylic acids is 2. The lowest BCUT2D eigenvalue weighted by atomic mass is 9.88. The lowest BCUT2D eigenvalue weighted by Gasteiger charge is -2.15. The third-order valence-corrected chi connectivity index (χ3v) is 6.07. The Morgan fingerprint density at radius 2 is 1.57 bits per heavy atom. The van der Waals surface area contributed by atoms with Gasteiger partial charge < -0.3 is 19.0 Å². The van der Waals surface area contributed by atoms with E-state index in [9.17, 15) is 29.4 Å². The summed E-state index contributed by atoms with van der Waals surface area (Å²) in [6.45, 7) is 4.23. The second-order valence-corrected chi connectivity index (χ2v) is 8.36. The molecule has 2 N–H and O–H groups in total. The molecule has 5 rings (SSSR count). The fourth-order valence-corrected chi connectivity index (χ4v) is 4.42. The average Bonchev–Trinajstić information content (AvgIpc) is 2.79. The molecule has 3 aromatic carbocycles. The molecule has 0 amide bonds. The van der Waals surface area contributed by atoms with Gasteiger partial charge in [0, 0.05) is 17.2 Å². The first-order valence-electron chi connectivity index (χ1n) is 10.6. The van der Waals surface area contributed by atoms with Crippen molar-refractivity contribution in [1.82, 2.24) is 0 Å². The van der Waals surface area contributed by atoms with E-state index in [-0.39, 0.29) is 44.2 Å². The van der Waals surface area contributed by atoms with E-state index in [2.05, 4.69) is 0 Å². The van der Waals surface area contributed by atoms with Gasteiger partial charge in [-0.25, -0.2) is 0 Å². The van der Waals surface area contributed by atoms with E-state index in [1.807, 2.05) is 0 Å². The van der Waals surface area contributed by atoms with Gasteiger partial charge in [-0.05, 0) is 44.5 Å². The van der Waals surface area contributed by atoms with Crippen LogP contribution < -0.4 is 10.9 Å². The highest BCUT2D eigenvalue weighted by Crippen LogP contribution is 2.37. The zero-order valence-electron chi connectivity index (χ0n) is 18.9. The van der Waals surface area contributed by atoms with E-state index in [1.165, 1.54) is 26.2 Å². The summed E-state index contributed by atoms with van der Waals surface area (Å²) in [7, 11) is 0. The van der Waals surface area contributed by atoms with Crippen LogP contribution in [0.5, 0.6) is 11.5 Å². The van der Waals surface area contributed by atoms with Crippen molar-refractivity contribution in [1.29, 1.82) is 0 Å². The van der Waals surface area contributed by atoms with Crippen LogP contribution >= 0.6 is 0 Å². The fourth-order valence-electron chi connectivity index (χ4n) is 4.42. The minimum Gasteiger partial charge on any atom is -0.504 e. The lowest BCUT2D eigenvalue weighted by Crippen LogP contribution is -2.14. The molecule has 0 bridgehead atoms. The topological polar surface area (TPSA) is 135 Å². The van der Waals surface area contributed by atoms with Crippen LogP contribution in [0.15, 0.2) is 61.1 Å². The van der Waals surface area contributed by atoms with Crippen molar-refractivity contribution in [3.8, 4) is 22.6 Å². The van der Waals surface area contributed by atoms with Gasteiger partial charge in [0.25, 0.3) is 0 Å². The third kappa shape index (κ3) is 3.22. The van der Waals surface area contributed by atoms with Crippen molar-refractivity contribution >= 4 is 44.5 Å². The van der Waals surface area contributed by atoms with Crippen molar-refractivity contribution in [3.63, 3.8) is 0 Å². The quantitative estimate of drug-likeness (QED) is 0.217. The maximum absolute atomic E-state index is 13.6. The number of phenolic OH excluding ortho intramolecular Hbond substituents is 2. The Labute approximate surface area is 196 Å². The van der Waals surface area contributed by atoms with Crippen molar-refractivity contribution in [2.24, 2.45) is 0 Å². The molecule has 0 aliphatic carbocycles.